The number of hydrogen-bond donors (Lipinski definition) is 2. The molecule has 0 fully saturated rings. The van der Waals surface area contributed by atoms with Crippen LogP contribution in [0.3, 0.4) is 0 Å². The lowest BCUT2D eigenvalue weighted by molar-refractivity contribution is -0.116. The van der Waals surface area contributed by atoms with Crippen LogP contribution in [-0.4, -0.2) is 26.0 Å². The Morgan fingerprint density at radius 3 is 2.76 bits per heavy atom. The number of aryl methyl sites for hydroxylation is 1. The van der Waals surface area contributed by atoms with Gasteiger partial charge >= 0.3 is 0 Å². The average molecular weight is 309 g/mol. The molecule has 0 unspecified atom stereocenters. The number of rotatable bonds is 4. The molecule has 7 heteroatoms. The van der Waals surface area contributed by atoms with E-state index in [1.165, 1.54) is 4.68 Å². The number of benzene rings is 1. The van der Waals surface area contributed by atoms with Crippen LogP contribution in [0.1, 0.15) is 25.1 Å². The van der Waals surface area contributed by atoms with Crippen molar-refractivity contribution in [1.29, 1.82) is 0 Å². The van der Waals surface area contributed by atoms with Crippen molar-refractivity contribution >= 4 is 23.2 Å². The predicted molar refractivity (Wildman–Crippen MR) is 80.1 cm³/mol. The van der Waals surface area contributed by atoms with E-state index in [9.17, 15) is 9.90 Å². The molecule has 2 aromatic rings. The van der Waals surface area contributed by atoms with Crippen molar-refractivity contribution in [2.24, 2.45) is 0 Å². The van der Waals surface area contributed by atoms with E-state index in [0.717, 1.165) is 5.56 Å². The maximum Gasteiger partial charge on any atom is 0.246 e. The molecule has 0 atom stereocenters. The van der Waals surface area contributed by atoms with Gasteiger partial charge in [0.1, 0.15) is 17.8 Å². The summed E-state index contributed by atoms with van der Waals surface area (Å²) in [4.78, 5) is 12.0. The second-order valence-corrected chi connectivity index (χ2v) is 5.80. The quantitative estimate of drug-likeness (QED) is 0.906. The second-order valence-electron chi connectivity index (χ2n) is 5.37. The van der Waals surface area contributed by atoms with Gasteiger partial charge in [0.25, 0.3) is 0 Å². The average Bonchev–Trinajstić information content (AvgIpc) is 2.81. The molecule has 1 heterocycles. The Morgan fingerprint density at radius 2 is 2.19 bits per heavy atom. The maximum absolute atomic E-state index is 12.0. The van der Waals surface area contributed by atoms with Crippen LogP contribution < -0.4 is 5.32 Å². The van der Waals surface area contributed by atoms with E-state index in [1.807, 2.05) is 6.92 Å². The topological polar surface area (TPSA) is 80.0 Å². The smallest absolute Gasteiger partial charge is 0.246 e. The number of nitrogens with one attached hydrogen (secondary N) is 1. The fourth-order valence-electron chi connectivity index (χ4n) is 1.76. The number of halogens is 1. The summed E-state index contributed by atoms with van der Waals surface area (Å²) in [6, 6.07) is 5.24. The highest BCUT2D eigenvalue weighted by Crippen LogP contribution is 2.19. The van der Waals surface area contributed by atoms with Gasteiger partial charge in [0.05, 0.1) is 6.20 Å². The Balaban J connectivity index is 2.03. The number of amides is 1. The SMILES string of the molecule is Cc1cc(Cl)ccc1NC(=O)Cn1cc(C(C)(C)O)nn1. The van der Waals surface area contributed by atoms with Crippen molar-refractivity contribution in [2.45, 2.75) is 32.9 Å². The van der Waals surface area contributed by atoms with Gasteiger partial charge in [0, 0.05) is 10.7 Å². The first-order valence-electron chi connectivity index (χ1n) is 6.45. The lowest BCUT2D eigenvalue weighted by Crippen LogP contribution is -2.20. The number of nitrogens with zero attached hydrogens (tertiary/aromatic N) is 3. The van der Waals surface area contributed by atoms with Gasteiger partial charge in [-0.25, -0.2) is 4.68 Å². The first-order chi connectivity index (χ1) is 9.75. The standard InChI is InChI=1S/C14H17ClN4O2/c1-9-6-10(15)4-5-11(9)16-13(20)8-19-7-12(17-18-19)14(2,3)21/h4-7,21H,8H2,1-3H3,(H,16,20). The third kappa shape index (κ3) is 4.03. The largest absolute Gasteiger partial charge is 0.384 e. The Morgan fingerprint density at radius 1 is 1.48 bits per heavy atom. The Kier molecular flexibility index (Phi) is 4.29. The first kappa shape index (κ1) is 15.5. The summed E-state index contributed by atoms with van der Waals surface area (Å²) in [6.07, 6.45) is 1.55. The molecule has 0 radical (unpaired) electrons. The normalized spacial score (nSPS) is 11.5. The van der Waals surface area contributed by atoms with E-state index in [-0.39, 0.29) is 12.5 Å². The van der Waals surface area contributed by atoms with Crippen LogP contribution in [0.15, 0.2) is 24.4 Å². The van der Waals surface area contributed by atoms with Gasteiger partial charge in [-0.05, 0) is 44.5 Å². The van der Waals surface area contributed by atoms with Gasteiger partial charge < -0.3 is 10.4 Å². The summed E-state index contributed by atoms with van der Waals surface area (Å²) in [5, 5.41) is 20.9. The van der Waals surface area contributed by atoms with Crippen molar-refractivity contribution in [2.75, 3.05) is 5.32 Å². The van der Waals surface area contributed by atoms with Crippen LogP contribution in [0, 0.1) is 6.92 Å². The molecule has 0 saturated heterocycles. The third-order valence-electron chi connectivity index (χ3n) is 2.93. The summed E-state index contributed by atoms with van der Waals surface area (Å²) in [5.41, 5.74) is 0.915. The molecule has 1 amide bonds. The molecule has 0 spiro atoms. The van der Waals surface area contributed by atoms with Gasteiger partial charge in [-0.2, -0.15) is 0 Å². The van der Waals surface area contributed by atoms with E-state index in [4.69, 9.17) is 11.6 Å². The number of anilines is 1. The molecule has 0 aliphatic heterocycles. The highest BCUT2D eigenvalue weighted by molar-refractivity contribution is 6.30. The van der Waals surface area contributed by atoms with Crippen LogP contribution in [-0.2, 0) is 16.9 Å². The van der Waals surface area contributed by atoms with E-state index in [2.05, 4.69) is 15.6 Å². The zero-order valence-corrected chi connectivity index (χ0v) is 12.8. The highest BCUT2D eigenvalue weighted by atomic mass is 35.5. The first-order valence-corrected chi connectivity index (χ1v) is 6.82. The fourth-order valence-corrected chi connectivity index (χ4v) is 1.99. The van der Waals surface area contributed by atoms with Gasteiger partial charge in [-0.15, -0.1) is 5.10 Å². The minimum Gasteiger partial charge on any atom is -0.384 e. The number of aromatic nitrogens is 3. The van der Waals surface area contributed by atoms with Crippen LogP contribution >= 0.6 is 11.6 Å². The number of carbonyl (C=O) groups is 1. The summed E-state index contributed by atoms with van der Waals surface area (Å²) in [5.74, 6) is -0.229. The lowest BCUT2D eigenvalue weighted by atomic mass is 10.1. The van der Waals surface area contributed by atoms with Gasteiger partial charge in [-0.1, -0.05) is 16.8 Å². The molecule has 2 N–H and O–H groups in total. The Hall–Kier alpha value is -1.92. The summed E-state index contributed by atoms with van der Waals surface area (Å²) >= 11 is 5.87. The van der Waals surface area contributed by atoms with Gasteiger partial charge in [0.2, 0.25) is 5.91 Å². The van der Waals surface area contributed by atoms with E-state index in [1.54, 1.807) is 38.2 Å². The molecule has 1 aromatic carbocycles. The summed E-state index contributed by atoms with van der Waals surface area (Å²) in [7, 11) is 0. The zero-order chi connectivity index (χ0) is 15.6. The Labute approximate surface area is 127 Å². The molecule has 112 valence electrons. The monoisotopic (exact) mass is 308 g/mol. The predicted octanol–water partition coefficient (Wildman–Crippen LogP) is 2.11. The molecule has 21 heavy (non-hydrogen) atoms. The molecule has 0 aliphatic carbocycles. The lowest BCUT2D eigenvalue weighted by Gasteiger charge is -2.12. The molecule has 2 rings (SSSR count). The number of carbonyl (C=O) groups excluding carboxylic acids is 1. The van der Waals surface area contributed by atoms with Crippen LogP contribution in [0.2, 0.25) is 5.02 Å². The van der Waals surface area contributed by atoms with Crippen molar-refractivity contribution in [1.82, 2.24) is 15.0 Å². The maximum atomic E-state index is 12.0. The summed E-state index contributed by atoms with van der Waals surface area (Å²) < 4.78 is 1.38. The van der Waals surface area contributed by atoms with Crippen molar-refractivity contribution in [3.8, 4) is 0 Å². The third-order valence-corrected chi connectivity index (χ3v) is 3.17. The number of aliphatic hydroxyl groups is 1. The van der Waals surface area contributed by atoms with Gasteiger partial charge in [-0.3, -0.25) is 4.79 Å². The molecule has 0 saturated carbocycles. The second kappa shape index (κ2) is 5.83. The van der Waals surface area contributed by atoms with Crippen molar-refractivity contribution in [3.63, 3.8) is 0 Å². The summed E-state index contributed by atoms with van der Waals surface area (Å²) in [6.45, 7) is 5.10. The Bertz CT molecular complexity index is 661. The van der Waals surface area contributed by atoms with Gasteiger partial charge in [0.15, 0.2) is 0 Å². The van der Waals surface area contributed by atoms with Crippen LogP contribution in [0.5, 0.6) is 0 Å². The van der Waals surface area contributed by atoms with E-state index >= 15 is 0 Å². The molecular weight excluding hydrogens is 292 g/mol. The molecule has 1 aromatic heterocycles. The molecule has 6 nitrogen and oxygen atoms in total. The molecule has 0 bridgehead atoms. The number of hydrogen-bond acceptors (Lipinski definition) is 4. The van der Waals surface area contributed by atoms with Crippen LogP contribution in [0.25, 0.3) is 0 Å². The van der Waals surface area contributed by atoms with Crippen LogP contribution in [0.4, 0.5) is 5.69 Å². The minimum atomic E-state index is -1.08. The highest BCUT2D eigenvalue weighted by Gasteiger charge is 2.20. The van der Waals surface area contributed by atoms with E-state index < -0.39 is 5.60 Å². The van der Waals surface area contributed by atoms with E-state index in [0.29, 0.717) is 16.4 Å². The fraction of sp³-hybridized carbons (Fsp3) is 0.357. The van der Waals surface area contributed by atoms with Crippen molar-refractivity contribution in [3.05, 3.63) is 40.7 Å². The molecular formula is C14H17ClN4O2. The minimum absolute atomic E-state index is 0.0190. The zero-order valence-electron chi connectivity index (χ0n) is 12.1. The van der Waals surface area contributed by atoms with Crippen molar-refractivity contribution < 1.29 is 9.90 Å². The molecule has 0 aliphatic rings.